The smallest absolute Gasteiger partial charge is 0.206 e. The van der Waals surface area contributed by atoms with Crippen molar-refractivity contribution in [3.05, 3.63) is 0 Å². The minimum atomic E-state index is -9.34. The van der Waals surface area contributed by atoms with E-state index < -0.39 is 67.9 Å². The summed E-state index contributed by atoms with van der Waals surface area (Å²) >= 11 is 0. The third kappa shape index (κ3) is 3.94. The molecule has 0 aromatic carbocycles. The third-order valence-corrected chi connectivity index (χ3v) is 5.24. The lowest BCUT2D eigenvalue weighted by Crippen LogP contribution is -2.77. The normalized spacial score (nSPS) is 17.1. The second-order valence-electron chi connectivity index (χ2n) is 6.05. The van der Waals surface area contributed by atoms with Gasteiger partial charge in [-0.1, -0.05) is 0 Å². The maximum absolute atomic E-state index is 13.3. The first kappa shape index (κ1) is 33.8. The van der Waals surface area contributed by atoms with E-state index in [1.807, 2.05) is 0 Å². The Bertz CT molecular complexity index is 915. The molecule has 0 N–H and O–H groups in total. The lowest BCUT2D eigenvalue weighted by atomic mass is 9.87. The van der Waals surface area contributed by atoms with E-state index in [0.29, 0.717) is 0 Å². The molecule has 0 radical (unpaired) electrons. The average Bonchev–Trinajstić information content (AvgIpc) is 2.58. The molecular formula is C10ClF21O2S. The van der Waals surface area contributed by atoms with E-state index >= 15 is 0 Å². The molecule has 25 heteroatoms. The quantitative estimate of drug-likeness (QED) is 0.211. The van der Waals surface area contributed by atoms with Gasteiger partial charge in [0.25, 0.3) is 0 Å². The molecule has 0 atom stereocenters. The van der Waals surface area contributed by atoms with Crippen LogP contribution in [-0.4, -0.2) is 67.2 Å². The first-order chi connectivity index (χ1) is 14.5. The molecule has 35 heavy (non-hydrogen) atoms. The van der Waals surface area contributed by atoms with Crippen LogP contribution in [0.4, 0.5) is 92.2 Å². The van der Waals surface area contributed by atoms with Crippen LogP contribution in [0.3, 0.4) is 0 Å². The van der Waals surface area contributed by atoms with Crippen LogP contribution in [0.15, 0.2) is 0 Å². The van der Waals surface area contributed by atoms with Crippen molar-refractivity contribution < 1.29 is 101 Å². The molecule has 0 saturated carbocycles. The number of rotatable bonds is 9. The molecule has 0 aromatic rings. The van der Waals surface area contributed by atoms with E-state index in [2.05, 4.69) is 10.7 Å². The lowest BCUT2D eigenvalue weighted by molar-refractivity contribution is -0.472. The molecule has 0 saturated heterocycles. The fourth-order valence-corrected chi connectivity index (χ4v) is 2.42. The van der Waals surface area contributed by atoms with Gasteiger partial charge in [-0.2, -0.15) is 92.2 Å². The van der Waals surface area contributed by atoms with Gasteiger partial charge >= 0.3 is 67.9 Å². The van der Waals surface area contributed by atoms with Crippen LogP contribution in [-0.2, 0) is 9.05 Å². The maximum atomic E-state index is 13.3. The van der Waals surface area contributed by atoms with Gasteiger partial charge in [0.2, 0.25) is 0 Å². The topological polar surface area (TPSA) is 34.1 Å². The fraction of sp³-hybridized carbons (Fsp3) is 1.00. The molecular weight excluding hydrogens is 619 g/mol. The van der Waals surface area contributed by atoms with Crippen LogP contribution in [0.25, 0.3) is 0 Å². The summed E-state index contributed by atoms with van der Waals surface area (Å²) in [6.07, 6.45) is -8.07. The Balaban J connectivity index is 7.21. The van der Waals surface area contributed by atoms with Gasteiger partial charge in [-0.25, -0.2) is 8.42 Å². The lowest BCUT2D eigenvalue weighted by Gasteiger charge is -2.44. The summed E-state index contributed by atoms with van der Waals surface area (Å²) in [5.41, 5.74) is 0. The Morgan fingerprint density at radius 3 is 0.686 bits per heavy atom. The monoisotopic (exact) mass is 618 g/mol. The average molecular weight is 619 g/mol. The van der Waals surface area contributed by atoms with Gasteiger partial charge in [-0.3, -0.25) is 0 Å². The van der Waals surface area contributed by atoms with Crippen LogP contribution in [0.2, 0.25) is 0 Å². The van der Waals surface area contributed by atoms with E-state index in [0.717, 1.165) is 0 Å². The molecule has 0 rings (SSSR count). The molecule has 0 heterocycles. The molecule has 0 bridgehead atoms. The highest BCUT2D eigenvalue weighted by Gasteiger charge is 2.98. The van der Waals surface area contributed by atoms with Crippen molar-refractivity contribution in [2.75, 3.05) is 0 Å². The van der Waals surface area contributed by atoms with Crippen LogP contribution < -0.4 is 0 Å². The Labute approximate surface area is 180 Å². The number of halogens is 22. The van der Waals surface area contributed by atoms with Crippen LogP contribution in [0.1, 0.15) is 0 Å². The van der Waals surface area contributed by atoms with Crippen molar-refractivity contribution in [3.8, 4) is 0 Å². The predicted octanol–water partition coefficient (Wildman–Crippen LogP) is 6.79. The van der Waals surface area contributed by atoms with Gasteiger partial charge < -0.3 is 0 Å². The minimum Gasteiger partial charge on any atom is -0.206 e. The largest absolute Gasteiger partial charge is 0.460 e. The summed E-state index contributed by atoms with van der Waals surface area (Å²) in [7, 11) is -4.11. The Kier molecular flexibility index (Phi) is 7.61. The summed E-state index contributed by atoms with van der Waals surface area (Å²) < 4.78 is 292. The van der Waals surface area contributed by atoms with Crippen molar-refractivity contribution in [2.45, 2.75) is 58.8 Å². The zero-order valence-corrected chi connectivity index (χ0v) is 16.1. The van der Waals surface area contributed by atoms with Gasteiger partial charge in [-0.15, -0.1) is 0 Å². The summed E-state index contributed by atoms with van der Waals surface area (Å²) in [6, 6.07) is 0. The molecule has 212 valence electrons. The van der Waals surface area contributed by atoms with Crippen LogP contribution in [0.5, 0.6) is 0 Å². The Morgan fingerprint density at radius 2 is 0.514 bits per heavy atom. The molecule has 0 aliphatic rings. The third-order valence-electron chi connectivity index (χ3n) is 3.79. The van der Waals surface area contributed by atoms with Crippen molar-refractivity contribution in [1.29, 1.82) is 0 Å². The van der Waals surface area contributed by atoms with Gasteiger partial charge in [-0.05, 0) is 0 Å². The second kappa shape index (κ2) is 7.88. The molecule has 2 nitrogen and oxygen atoms in total. The highest BCUT2D eigenvalue weighted by atomic mass is 35.7. The van der Waals surface area contributed by atoms with Gasteiger partial charge in [0.15, 0.2) is 0 Å². The standard InChI is InChI=1S/C10ClF21O2S/c11-35(33,34)10(31,32)8(26,27)6(22,23)4(18,19)2(14,15)1(12,13)3(16,17)5(20,21)7(24,25)9(28,29)30. The predicted molar refractivity (Wildman–Crippen MR) is 65.4 cm³/mol. The highest BCUT2D eigenvalue weighted by molar-refractivity contribution is 8.14. The minimum absolute atomic E-state index is 3.51. The van der Waals surface area contributed by atoms with E-state index in [-0.39, 0.29) is 0 Å². The van der Waals surface area contributed by atoms with E-state index in [1.54, 1.807) is 0 Å². The van der Waals surface area contributed by atoms with Crippen molar-refractivity contribution in [1.82, 2.24) is 0 Å². The summed E-state index contributed by atoms with van der Waals surface area (Å²) in [5, 5.41) is -7.85. The van der Waals surface area contributed by atoms with Crippen LogP contribution in [0, 0.1) is 0 Å². The van der Waals surface area contributed by atoms with Crippen LogP contribution >= 0.6 is 10.7 Å². The van der Waals surface area contributed by atoms with Gasteiger partial charge in [0.1, 0.15) is 0 Å². The first-order valence-corrected chi connectivity index (χ1v) is 9.22. The van der Waals surface area contributed by atoms with E-state index in [9.17, 15) is 101 Å². The molecule has 0 aromatic heterocycles. The molecule has 0 amide bonds. The molecule has 0 fully saturated rings. The Hall–Kier alpha value is -1.23. The molecule has 0 aliphatic carbocycles. The molecule has 0 aliphatic heterocycles. The van der Waals surface area contributed by atoms with Gasteiger partial charge in [0, 0.05) is 10.7 Å². The molecule has 0 unspecified atom stereocenters. The number of alkyl halides is 21. The van der Waals surface area contributed by atoms with Crippen molar-refractivity contribution >= 4 is 19.7 Å². The number of hydrogen-bond donors (Lipinski definition) is 0. The zero-order chi connectivity index (χ0) is 29.5. The van der Waals surface area contributed by atoms with E-state index in [1.165, 1.54) is 0 Å². The fourth-order valence-electron chi connectivity index (χ4n) is 1.70. The SMILES string of the molecule is O=S(=O)(Cl)C(F)(F)C(F)(F)C(F)(F)C(F)(F)C(F)(F)C(F)(F)C(F)(F)C(F)(F)C(F)(F)C(F)(F)F. The molecule has 0 spiro atoms. The maximum Gasteiger partial charge on any atom is 0.460 e. The highest BCUT2D eigenvalue weighted by Crippen LogP contribution is 2.66. The summed E-state index contributed by atoms with van der Waals surface area (Å²) in [5.74, 6) is -72.2. The summed E-state index contributed by atoms with van der Waals surface area (Å²) in [4.78, 5) is 0. The van der Waals surface area contributed by atoms with Crippen molar-refractivity contribution in [3.63, 3.8) is 0 Å². The number of hydrogen-bond acceptors (Lipinski definition) is 2. The van der Waals surface area contributed by atoms with Crippen molar-refractivity contribution in [2.24, 2.45) is 0 Å². The Morgan fingerprint density at radius 1 is 0.343 bits per heavy atom. The second-order valence-corrected chi connectivity index (χ2v) is 8.65. The van der Waals surface area contributed by atoms with Gasteiger partial charge in [0.05, 0.1) is 0 Å². The van der Waals surface area contributed by atoms with E-state index in [4.69, 9.17) is 0 Å². The summed E-state index contributed by atoms with van der Waals surface area (Å²) in [6.45, 7) is 0. The first-order valence-electron chi connectivity index (χ1n) is 6.91. The zero-order valence-electron chi connectivity index (χ0n) is 14.5.